The molecular formula is C57H85BrF2N4O9S. The largest absolute Gasteiger partial charge is 0.744 e. The van der Waals surface area contributed by atoms with E-state index >= 15 is 0 Å². The number of anilines is 2. The summed E-state index contributed by atoms with van der Waals surface area (Å²) in [6.07, 6.45) is 10.3. The van der Waals surface area contributed by atoms with Crippen molar-refractivity contribution in [2.45, 2.75) is 137 Å². The predicted molar refractivity (Wildman–Crippen MR) is 298 cm³/mol. The average Bonchev–Trinajstić information content (AvgIpc) is 3.69. The number of halogens is 3. The summed E-state index contributed by atoms with van der Waals surface area (Å²) < 4.78 is 83.8. The number of nitrogens with zero attached hydrogens (tertiary/aromatic N) is 1. The van der Waals surface area contributed by atoms with Crippen LogP contribution >= 0.6 is 15.9 Å². The summed E-state index contributed by atoms with van der Waals surface area (Å²) in [6, 6.07) is 23.9. The predicted octanol–water partition coefficient (Wildman–Crippen LogP) is 11.1. The number of nitrogens with two attached hydrogens (primary N) is 1. The summed E-state index contributed by atoms with van der Waals surface area (Å²) in [4.78, 5) is -0.178. The monoisotopic (exact) mass is 1120 g/mol. The van der Waals surface area contributed by atoms with Crippen LogP contribution in [0, 0.1) is 36.3 Å². The summed E-state index contributed by atoms with van der Waals surface area (Å²) in [5.41, 5.74) is 13.7. The summed E-state index contributed by atoms with van der Waals surface area (Å²) >= 11 is 3.32. The van der Waals surface area contributed by atoms with Crippen molar-refractivity contribution >= 4 is 54.0 Å². The molecule has 1 heterocycles. The lowest BCUT2D eigenvalue weighted by molar-refractivity contribution is -0.258. The van der Waals surface area contributed by atoms with Gasteiger partial charge >= 0.3 is 0 Å². The number of aryl methyl sites for hydroxylation is 1. The minimum Gasteiger partial charge on any atom is -0.744 e. The van der Waals surface area contributed by atoms with Gasteiger partial charge in [-0.05, 0) is 85.8 Å². The van der Waals surface area contributed by atoms with Gasteiger partial charge in [0.2, 0.25) is 0 Å². The van der Waals surface area contributed by atoms with E-state index in [1.165, 1.54) is 30.7 Å². The number of aromatic nitrogens is 1. The van der Waals surface area contributed by atoms with E-state index in [0.717, 1.165) is 65.4 Å². The van der Waals surface area contributed by atoms with Crippen molar-refractivity contribution in [2.24, 2.45) is 5.41 Å². The first-order valence-electron chi connectivity index (χ1n) is 24.8. The molecular weight excluding hydrogens is 1030 g/mol. The number of aliphatic hydroxyl groups excluding tert-OH is 2. The molecule has 0 aliphatic heterocycles. The number of terminal acetylenes is 1. The van der Waals surface area contributed by atoms with Gasteiger partial charge in [0.1, 0.15) is 15.9 Å². The molecule has 74 heavy (non-hydrogen) atoms. The molecule has 0 saturated heterocycles. The SMILES string of the molecule is C.C#CC(C)(C)COCCCC.CCCCOC[C@H](O)CNc1cc(F)c([NH3+])cc1Br.CCCCOC[C@H](O)Cn1c(C(C)(C)COCc2ccccc2)cc2cc(N)c(F)cc21.Cc1ccc(S(=O)(=O)[O-])cc1. The normalized spacial score (nSPS) is 12.2. The number of unbranched alkanes of at least 4 members (excludes halogenated alkanes) is 3. The molecule has 414 valence electrons. The molecule has 4 aromatic carbocycles. The molecule has 0 amide bonds. The Morgan fingerprint density at radius 2 is 1.39 bits per heavy atom. The van der Waals surface area contributed by atoms with Crippen LogP contribution in [0.5, 0.6) is 0 Å². The second-order valence-corrected chi connectivity index (χ2v) is 21.3. The first-order chi connectivity index (χ1) is 34.5. The zero-order valence-corrected chi connectivity index (χ0v) is 46.6. The third-order valence-electron chi connectivity index (χ3n) is 11.1. The second kappa shape index (κ2) is 35.0. The maximum absolute atomic E-state index is 14.3. The first-order valence-corrected chi connectivity index (χ1v) is 27.0. The first kappa shape index (κ1) is 67.6. The number of nitrogens with one attached hydrogen (secondary N) is 1. The van der Waals surface area contributed by atoms with Crippen molar-refractivity contribution in [2.75, 3.05) is 63.8 Å². The summed E-state index contributed by atoms with van der Waals surface area (Å²) in [6.45, 7) is 21.2. The van der Waals surface area contributed by atoms with Gasteiger partial charge in [-0.1, -0.05) is 115 Å². The molecule has 0 radical (unpaired) electrons. The van der Waals surface area contributed by atoms with Crippen LogP contribution in [-0.4, -0.2) is 92.8 Å². The molecule has 5 aromatic rings. The van der Waals surface area contributed by atoms with Gasteiger partial charge in [0.25, 0.3) is 0 Å². The molecule has 0 spiro atoms. The molecule has 0 saturated carbocycles. The Morgan fingerprint density at radius 3 is 1.95 bits per heavy atom. The van der Waals surface area contributed by atoms with Crippen molar-refractivity contribution in [3.8, 4) is 12.3 Å². The molecule has 13 nitrogen and oxygen atoms in total. The summed E-state index contributed by atoms with van der Waals surface area (Å²) in [7, 11) is -4.27. The van der Waals surface area contributed by atoms with Crippen LogP contribution in [-0.2, 0) is 47.6 Å². The topological polar surface area (TPSA) is 205 Å². The number of benzene rings is 4. The number of hydrogen-bond acceptors (Lipinski definition) is 11. The van der Waals surface area contributed by atoms with Crippen molar-refractivity contribution in [1.29, 1.82) is 0 Å². The minimum atomic E-state index is -4.27. The molecule has 5 rings (SSSR count). The van der Waals surface area contributed by atoms with E-state index in [2.05, 4.69) is 67.5 Å². The van der Waals surface area contributed by atoms with Crippen LogP contribution in [0.1, 0.15) is 111 Å². The number of quaternary nitrogens is 1. The number of hydrogen-bond donors (Lipinski definition) is 5. The lowest BCUT2D eigenvalue weighted by Crippen LogP contribution is -2.41. The lowest BCUT2D eigenvalue weighted by atomic mass is 9.90. The highest BCUT2D eigenvalue weighted by Crippen LogP contribution is 2.33. The van der Waals surface area contributed by atoms with Gasteiger partial charge in [-0.3, -0.25) is 0 Å². The Kier molecular flexibility index (Phi) is 31.9. The summed E-state index contributed by atoms with van der Waals surface area (Å²) in [5, 5.41) is 24.2. The molecule has 1 aromatic heterocycles. The smallest absolute Gasteiger partial charge is 0.185 e. The zero-order chi connectivity index (χ0) is 54.6. The molecule has 17 heteroatoms. The number of aliphatic hydroxyl groups is 2. The van der Waals surface area contributed by atoms with Crippen LogP contribution in [0.15, 0.2) is 94.3 Å². The number of nitrogen functional groups attached to an aromatic ring is 1. The van der Waals surface area contributed by atoms with Crippen LogP contribution in [0.2, 0.25) is 0 Å². The third-order valence-corrected chi connectivity index (χ3v) is 12.6. The average molecular weight is 1120 g/mol. The lowest BCUT2D eigenvalue weighted by Gasteiger charge is -2.28. The standard InChI is InChI=1S/C26H35FN2O3.C13H20BrFN2O2.C10H18O.C7H8O3S.CH4/c1-4-5-11-31-17-21(30)15-29-24-14-22(27)23(28)12-20(24)13-25(29)26(2,3)18-32-16-19-9-7-6-8-10-19;1-2-3-4-19-8-9(18)7-17-13-6-11(15)12(16)5-10(13)14;1-5-7-8-11-9-10(3,4)6-2;1-6-2-4-7(5-3-6)11(8,9)10;/h6-10,12-14,21,30H,4-5,11,15-18,28H2,1-3H3;5-6,9,17-18H,2-4,7-8,16H2,1H3;2H,5,7-9H2,1,3-4H3;2-5H,1H3,(H,8,9,10);1H4/t21-;9-;;;/m11.../s1. The molecule has 0 aliphatic carbocycles. The second-order valence-electron chi connectivity index (χ2n) is 19.1. The zero-order valence-electron chi connectivity index (χ0n) is 44.2. The highest BCUT2D eigenvalue weighted by Gasteiger charge is 2.28. The van der Waals surface area contributed by atoms with E-state index in [4.69, 9.17) is 31.1 Å². The fourth-order valence-corrected chi connectivity index (χ4v) is 7.66. The van der Waals surface area contributed by atoms with Gasteiger partial charge in [-0.15, -0.1) is 6.42 Å². The highest BCUT2D eigenvalue weighted by atomic mass is 79.9. The maximum Gasteiger partial charge on any atom is 0.185 e. The van der Waals surface area contributed by atoms with Crippen LogP contribution in [0.25, 0.3) is 10.9 Å². The summed E-state index contributed by atoms with van der Waals surface area (Å²) in [5.74, 6) is 1.85. The molecule has 0 bridgehead atoms. The van der Waals surface area contributed by atoms with Gasteiger partial charge < -0.3 is 55.1 Å². The van der Waals surface area contributed by atoms with Gasteiger partial charge in [0, 0.05) is 70.9 Å². The fraction of sp³-hybridized carbons (Fsp3) is 0.509. The Morgan fingerprint density at radius 1 is 0.824 bits per heavy atom. The van der Waals surface area contributed by atoms with Crippen LogP contribution < -0.4 is 16.8 Å². The molecule has 8 N–H and O–H groups in total. The van der Waals surface area contributed by atoms with E-state index in [0.29, 0.717) is 63.0 Å². The molecule has 0 aliphatic rings. The quantitative estimate of drug-likeness (QED) is 0.0152. The van der Waals surface area contributed by atoms with Crippen molar-refractivity contribution in [3.05, 3.63) is 118 Å². The third kappa shape index (κ3) is 25.9. The Bertz CT molecular complexity index is 2500. The van der Waals surface area contributed by atoms with Crippen LogP contribution in [0.4, 0.5) is 25.8 Å². The van der Waals surface area contributed by atoms with Gasteiger partial charge in [-0.25, -0.2) is 17.2 Å². The van der Waals surface area contributed by atoms with E-state index in [1.54, 1.807) is 24.3 Å². The van der Waals surface area contributed by atoms with E-state index in [9.17, 15) is 32.0 Å². The van der Waals surface area contributed by atoms with E-state index in [-0.39, 0.29) is 47.9 Å². The Balaban J connectivity index is 0.000000551. The van der Waals surface area contributed by atoms with Crippen LogP contribution in [0.3, 0.4) is 0 Å². The highest BCUT2D eigenvalue weighted by molar-refractivity contribution is 9.10. The molecule has 2 atom stereocenters. The Hall–Kier alpha value is -4.45. The maximum atomic E-state index is 14.3. The van der Waals surface area contributed by atoms with Crippen molar-refractivity contribution in [3.63, 3.8) is 0 Å². The fourth-order valence-electron chi connectivity index (χ4n) is 6.66. The number of rotatable bonds is 26. The van der Waals surface area contributed by atoms with E-state index < -0.39 is 28.1 Å². The number of fused-ring (bicyclic) bond motifs is 1. The van der Waals surface area contributed by atoms with E-state index in [1.807, 2.05) is 61.7 Å². The molecule has 0 unspecified atom stereocenters. The minimum absolute atomic E-state index is 0. The number of ether oxygens (including phenoxy) is 4. The van der Waals surface area contributed by atoms with Crippen molar-refractivity contribution < 1.29 is 56.6 Å². The van der Waals surface area contributed by atoms with Gasteiger partial charge in [-0.2, -0.15) is 0 Å². The van der Waals surface area contributed by atoms with Gasteiger partial charge in [0.15, 0.2) is 11.5 Å². The van der Waals surface area contributed by atoms with Gasteiger partial charge in [0.05, 0.1) is 73.6 Å². The Labute approximate surface area is 449 Å². The van der Waals surface area contributed by atoms with Crippen molar-refractivity contribution in [1.82, 2.24) is 4.57 Å². The molecule has 0 fully saturated rings.